The van der Waals surface area contributed by atoms with Crippen LogP contribution in [-0.4, -0.2) is 9.97 Å². The van der Waals surface area contributed by atoms with Gasteiger partial charge in [-0.25, -0.2) is 9.37 Å². The van der Waals surface area contributed by atoms with Gasteiger partial charge in [0.15, 0.2) is 5.82 Å². The molecule has 3 nitrogen and oxygen atoms in total. The Bertz CT molecular complexity index is 552. The molecule has 17 heavy (non-hydrogen) atoms. The van der Waals surface area contributed by atoms with Crippen molar-refractivity contribution in [2.24, 2.45) is 5.73 Å². The van der Waals surface area contributed by atoms with Crippen molar-refractivity contribution in [1.82, 2.24) is 9.97 Å². The topological polar surface area (TPSA) is 51.8 Å². The molecule has 1 atom stereocenters. The Morgan fingerprint density at radius 3 is 3.12 bits per heavy atom. The Kier molecular flexibility index (Phi) is 2.64. The molecule has 1 aliphatic carbocycles. The van der Waals surface area contributed by atoms with E-state index in [-0.39, 0.29) is 11.9 Å². The molecule has 0 saturated carbocycles. The normalized spacial score (nSPS) is 19.1. The van der Waals surface area contributed by atoms with Gasteiger partial charge in [0.25, 0.3) is 0 Å². The van der Waals surface area contributed by atoms with Gasteiger partial charge < -0.3 is 5.73 Å². The molecule has 0 aromatic carbocycles. The fourth-order valence-electron chi connectivity index (χ4n) is 2.12. The summed E-state index contributed by atoms with van der Waals surface area (Å²) in [7, 11) is 0. The van der Waals surface area contributed by atoms with Gasteiger partial charge in [0.2, 0.25) is 0 Å². The van der Waals surface area contributed by atoms with Gasteiger partial charge in [-0.05, 0) is 25.3 Å². The minimum atomic E-state index is -0.327. The zero-order valence-corrected chi connectivity index (χ0v) is 10.0. The number of nitrogens with two attached hydrogens (primary N) is 1. The highest BCUT2D eigenvalue weighted by molar-refractivity contribution is 7.15. The van der Waals surface area contributed by atoms with E-state index in [0.29, 0.717) is 10.6 Å². The Morgan fingerprint density at radius 1 is 1.47 bits per heavy atom. The summed E-state index contributed by atoms with van der Waals surface area (Å²) < 4.78 is 13.6. The van der Waals surface area contributed by atoms with Crippen molar-refractivity contribution in [3.8, 4) is 10.6 Å². The zero-order chi connectivity index (χ0) is 11.8. The second-order valence-electron chi connectivity index (χ2n) is 4.18. The third-order valence-corrected chi connectivity index (χ3v) is 4.16. The molecule has 0 aliphatic heterocycles. The van der Waals surface area contributed by atoms with Gasteiger partial charge in [-0.2, -0.15) is 0 Å². The second kappa shape index (κ2) is 4.16. The molecule has 2 N–H and O–H groups in total. The minimum Gasteiger partial charge on any atom is -0.323 e. The van der Waals surface area contributed by atoms with Gasteiger partial charge in [-0.3, -0.25) is 4.98 Å². The summed E-state index contributed by atoms with van der Waals surface area (Å²) in [5.74, 6) is -0.327. The number of aryl methyl sites for hydroxylation is 1. The van der Waals surface area contributed by atoms with Gasteiger partial charge in [0.05, 0.1) is 11.9 Å². The smallest absolute Gasteiger partial charge is 0.151 e. The summed E-state index contributed by atoms with van der Waals surface area (Å²) in [5.41, 5.74) is 7.49. The summed E-state index contributed by atoms with van der Waals surface area (Å²) in [6.07, 6.45) is 5.87. The van der Waals surface area contributed by atoms with E-state index >= 15 is 0 Å². The third kappa shape index (κ3) is 1.85. The Balaban J connectivity index is 2.08. The van der Waals surface area contributed by atoms with Crippen molar-refractivity contribution >= 4 is 11.3 Å². The number of pyridine rings is 1. The van der Waals surface area contributed by atoms with E-state index in [1.165, 1.54) is 11.1 Å². The first kappa shape index (κ1) is 10.8. The predicted octanol–water partition coefficient (Wildman–Crippen LogP) is 2.68. The number of rotatable bonds is 1. The molecule has 2 aromatic heterocycles. The van der Waals surface area contributed by atoms with Crippen LogP contribution in [0.3, 0.4) is 0 Å². The molecule has 2 aromatic rings. The first-order valence-electron chi connectivity index (χ1n) is 5.61. The van der Waals surface area contributed by atoms with Crippen LogP contribution in [0.5, 0.6) is 0 Å². The highest BCUT2D eigenvalue weighted by Crippen LogP contribution is 2.36. The van der Waals surface area contributed by atoms with Crippen molar-refractivity contribution in [3.63, 3.8) is 0 Å². The summed E-state index contributed by atoms with van der Waals surface area (Å²) in [6, 6.07) is 1.67. The molecule has 0 amide bonds. The van der Waals surface area contributed by atoms with Gasteiger partial charge >= 0.3 is 0 Å². The Labute approximate surface area is 103 Å². The highest BCUT2D eigenvalue weighted by atomic mass is 32.1. The molecule has 0 fully saturated rings. The fourth-order valence-corrected chi connectivity index (χ4v) is 3.32. The van der Waals surface area contributed by atoms with Crippen LogP contribution >= 0.6 is 11.3 Å². The number of hydrogen-bond acceptors (Lipinski definition) is 4. The van der Waals surface area contributed by atoms with Crippen LogP contribution in [0, 0.1) is 5.82 Å². The molecule has 1 unspecified atom stereocenters. The van der Waals surface area contributed by atoms with Crippen LogP contribution in [0.25, 0.3) is 10.6 Å². The van der Waals surface area contributed by atoms with Crippen molar-refractivity contribution in [2.75, 3.05) is 0 Å². The van der Waals surface area contributed by atoms with Crippen LogP contribution in [0.15, 0.2) is 18.5 Å². The van der Waals surface area contributed by atoms with Crippen LogP contribution < -0.4 is 5.73 Å². The number of thiazole rings is 1. The molecule has 2 heterocycles. The first-order valence-corrected chi connectivity index (χ1v) is 6.42. The van der Waals surface area contributed by atoms with E-state index in [2.05, 4.69) is 9.97 Å². The van der Waals surface area contributed by atoms with Crippen LogP contribution in [0.2, 0.25) is 0 Å². The van der Waals surface area contributed by atoms with E-state index in [9.17, 15) is 4.39 Å². The first-order chi connectivity index (χ1) is 8.25. The van der Waals surface area contributed by atoms with Crippen molar-refractivity contribution < 1.29 is 4.39 Å². The number of aromatic nitrogens is 2. The quantitative estimate of drug-likeness (QED) is 0.845. The lowest BCUT2D eigenvalue weighted by atomic mass is 9.99. The summed E-state index contributed by atoms with van der Waals surface area (Å²) >= 11 is 1.55. The monoisotopic (exact) mass is 249 g/mol. The highest BCUT2D eigenvalue weighted by Gasteiger charge is 2.22. The van der Waals surface area contributed by atoms with Gasteiger partial charge in [-0.1, -0.05) is 0 Å². The average molecular weight is 249 g/mol. The number of fused-ring (bicyclic) bond motifs is 1. The maximum atomic E-state index is 13.6. The Morgan fingerprint density at radius 2 is 2.35 bits per heavy atom. The van der Waals surface area contributed by atoms with E-state index < -0.39 is 0 Å². The lowest BCUT2D eigenvalue weighted by Crippen LogP contribution is -2.16. The van der Waals surface area contributed by atoms with Gasteiger partial charge in [-0.15, -0.1) is 11.3 Å². The SMILES string of the molecule is NC1CCCc2sc(-c3ccncc3F)nc21. The van der Waals surface area contributed by atoms with Crippen molar-refractivity contribution in [1.29, 1.82) is 0 Å². The molecule has 5 heteroatoms. The summed E-state index contributed by atoms with van der Waals surface area (Å²) in [6.45, 7) is 0. The van der Waals surface area contributed by atoms with Gasteiger partial charge in [0, 0.05) is 22.7 Å². The lowest BCUT2D eigenvalue weighted by Gasteiger charge is -2.15. The molecule has 3 rings (SSSR count). The second-order valence-corrected chi connectivity index (χ2v) is 5.27. The Hall–Kier alpha value is -1.33. The van der Waals surface area contributed by atoms with E-state index in [0.717, 1.165) is 25.0 Å². The largest absolute Gasteiger partial charge is 0.323 e. The van der Waals surface area contributed by atoms with Gasteiger partial charge in [0.1, 0.15) is 5.01 Å². The van der Waals surface area contributed by atoms with Crippen LogP contribution in [-0.2, 0) is 6.42 Å². The summed E-state index contributed by atoms with van der Waals surface area (Å²) in [5, 5.41) is 0.715. The molecular weight excluding hydrogens is 237 g/mol. The van der Waals surface area contributed by atoms with E-state index in [1.54, 1.807) is 23.6 Å². The molecule has 1 aliphatic rings. The predicted molar refractivity (Wildman–Crippen MR) is 65.2 cm³/mol. The average Bonchev–Trinajstić information content (AvgIpc) is 2.75. The van der Waals surface area contributed by atoms with Crippen LogP contribution in [0.4, 0.5) is 4.39 Å². The molecule has 0 radical (unpaired) electrons. The maximum Gasteiger partial charge on any atom is 0.151 e. The van der Waals surface area contributed by atoms with Crippen molar-refractivity contribution in [2.45, 2.75) is 25.3 Å². The number of hydrogen-bond donors (Lipinski definition) is 1. The molecule has 88 valence electrons. The number of nitrogens with zero attached hydrogens (tertiary/aromatic N) is 2. The fraction of sp³-hybridized carbons (Fsp3) is 0.333. The van der Waals surface area contributed by atoms with E-state index in [4.69, 9.17) is 5.73 Å². The summed E-state index contributed by atoms with van der Waals surface area (Å²) in [4.78, 5) is 9.44. The van der Waals surface area contributed by atoms with Crippen LogP contribution in [0.1, 0.15) is 29.5 Å². The van der Waals surface area contributed by atoms with Crippen molar-refractivity contribution in [3.05, 3.63) is 34.8 Å². The lowest BCUT2D eigenvalue weighted by molar-refractivity contribution is 0.564. The number of halogens is 1. The minimum absolute atomic E-state index is 0.00801. The maximum absolute atomic E-state index is 13.6. The zero-order valence-electron chi connectivity index (χ0n) is 9.19. The standard InChI is InChI=1S/C12H12FN3S/c13-8-6-15-5-4-7(8)12-16-11-9(14)2-1-3-10(11)17-12/h4-6,9H,1-3,14H2. The molecule has 0 saturated heterocycles. The molecule has 0 spiro atoms. The third-order valence-electron chi connectivity index (χ3n) is 3.00. The molecular formula is C12H12FN3S. The molecule has 0 bridgehead atoms. The van der Waals surface area contributed by atoms with E-state index in [1.807, 2.05) is 0 Å².